The predicted octanol–water partition coefficient (Wildman–Crippen LogP) is 4.16. The predicted molar refractivity (Wildman–Crippen MR) is 120 cm³/mol. The van der Waals surface area contributed by atoms with Crippen molar-refractivity contribution in [3.05, 3.63) is 72.3 Å². The first-order valence-electron chi connectivity index (χ1n) is 10.2. The average molecular weight is 419 g/mol. The van der Waals surface area contributed by atoms with Crippen molar-refractivity contribution >= 4 is 28.8 Å². The molecule has 0 radical (unpaired) electrons. The molecule has 1 saturated heterocycles. The van der Waals surface area contributed by atoms with Gasteiger partial charge in [0.25, 0.3) is 0 Å². The highest BCUT2D eigenvalue weighted by atomic mass is 16.6. The molecule has 7 nitrogen and oxygen atoms in total. The average Bonchev–Trinajstić information content (AvgIpc) is 3.13. The number of carbonyl (C=O) groups is 2. The molecule has 1 fully saturated rings. The molecule has 1 aliphatic heterocycles. The second-order valence-electron chi connectivity index (χ2n) is 7.68. The number of aromatic carboxylic acids is 1. The summed E-state index contributed by atoms with van der Waals surface area (Å²) >= 11 is 0. The maximum atomic E-state index is 12.3. The van der Waals surface area contributed by atoms with E-state index >= 15 is 0 Å². The van der Waals surface area contributed by atoms with E-state index in [1.54, 1.807) is 11.8 Å². The van der Waals surface area contributed by atoms with E-state index in [0.29, 0.717) is 37.4 Å². The number of hydrogen-bond acceptors (Lipinski definition) is 4. The van der Waals surface area contributed by atoms with Crippen LogP contribution in [-0.4, -0.2) is 59.4 Å². The number of rotatable bonds is 5. The zero-order chi connectivity index (χ0) is 22.0. The molecule has 0 spiro atoms. The highest BCUT2D eigenvalue weighted by Gasteiger charge is 2.30. The Morgan fingerprint density at radius 2 is 1.65 bits per heavy atom. The van der Waals surface area contributed by atoms with Crippen molar-refractivity contribution in [2.45, 2.75) is 6.92 Å². The molecule has 160 valence electrons. The zero-order valence-electron chi connectivity index (χ0n) is 17.5. The number of aromatic nitrogens is 1. The van der Waals surface area contributed by atoms with Crippen LogP contribution >= 0.6 is 0 Å². The van der Waals surface area contributed by atoms with Crippen LogP contribution in [0.1, 0.15) is 17.3 Å². The SMILES string of the molecule is C=C(C)COC(=O)N1CCN(c2c(C(=O)O)c3ccccc3n2-c2ccccc2)CC1. The van der Waals surface area contributed by atoms with E-state index in [1.807, 2.05) is 64.1 Å². The number of benzene rings is 2. The lowest BCUT2D eigenvalue weighted by Crippen LogP contribution is -2.49. The van der Waals surface area contributed by atoms with Gasteiger partial charge in [-0.3, -0.25) is 4.57 Å². The standard InChI is InChI=1S/C24H25N3O4/c1-17(2)16-31-24(30)26-14-12-25(13-15-26)22-21(23(28)29)19-10-6-7-11-20(19)27(22)18-8-4-3-5-9-18/h3-11H,1,12-16H2,2H3,(H,28,29). The number of amides is 1. The Morgan fingerprint density at radius 3 is 2.29 bits per heavy atom. The maximum Gasteiger partial charge on any atom is 0.410 e. The summed E-state index contributed by atoms with van der Waals surface area (Å²) in [5, 5.41) is 10.8. The van der Waals surface area contributed by atoms with Gasteiger partial charge in [-0.1, -0.05) is 43.0 Å². The third-order valence-corrected chi connectivity index (χ3v) is 5.36. The van der Waals surface area contributed by atoms with E-state index in [0.717, 1.165) is 16.8 Å². The summed E-state index contributed by atoms with van der Waals surface area (Å²) in [5.74, 6) is -0.334. The number of carbonyl (C=O) groups excluding carboxylic acids is 1. The lowest BCUT2D eigenvalue weighted by Gasteiger charge is -2.36. The highest BCUT2D eigenvalue weighted by molar-refractivity contribution is 6.10. The van der Waals surface area contributed by atoms with Crippen LogP contribution in [-0.2, 0) is 4.74 Å². The number of ether oxygens (including phenoxy) is 1. The summed E-state index contributed by atoms with van der Waals surface area (Å²) in [6.45, 7) is 7.66. The number of fused-ring (bicyclic) bond motifs is 1. The molecule has 1 aliphatic rings. The summed E-state index contributed by atoms with van der Waals surface area (Å²) in [5.41, 5.74) is 2.79. The molecule has 7 heteroatoms. The van der Waals surface area contributed by atoms with Gasteiger partial charge in [0.2, 0.25) is 0 Å². The Labute approximate surface area is 180 Å². The molecule has 1 N–H and O–H groups in total. The van der Waals surface area contributed by atoms with Gasteiger partial charge in [0.1, 0.15) is 18.0 Å². The number of piperazine rings is 1. The molecule has 0 aliphatic carbocycles. The molecule has 2 heterocycles. The fourth-order valence-corrected chi connectivity index (χ4v) is 3.95. The van der Waals surface area contributed by atoms with Crippen LogP contribution in [0.15, 0.2) is 66.7 Å². The second-order valence-corrected chi connectivity index (χ2v) is 7.68. The molecule has 31 heavy (non-hydrogen) atoms. The second kappa shape index (κ2) is 8.55. The van der Waals surface area contributed by atoms with Crippen LogP contribution < -0.4 is 4.90 Å². The van der Waals surface area contributed by atoms with E-state index in [2.05, 4.69) is 6.58 Å². The summed E-state index contributed by atoms with van der Waals surface area (Å²) in [6.07, 6.45) is -0.371. The Morgan fingerprint density at radius 1 is 1.00 bits per heavy atom. The third kappa shape index (κ3) is 3.99. The van der Waals surface area contributed by atoms with Crippen LogP contribution in [0.5, 0.6) is 0 Å². The fraction of sp³-hybridized carbons (Fsp3) is 0.250. The lowest BCUT2D eigenvalue weighted by atomic mass is 10.1. The molecule has 4 rings (SSSR count). The number of para-hydroxylation sites is 2. The normalized spacial score (nSPS) is 14.0. The number of hydrogen-bond donors (Lipinski definition) is 1. The molecule has 3 aromatic rings. The summed E-state index contributed by atoms with van der Waals surface area (Å²) in [6, 6.07) is 17.3. The van der Waals surface area contributed by atoms with Crippen LogP contribution in [0.2, 0.25) is 0 Å². The van der Waals surface area contributed by atoms with Gasteiger partial charge >= 0.3 is 12.1 Å². The molecule has 1 amide bonds. The van der Waals surface area contributed by atoms with Crippen molar-refractivity contribution in [1.82, 2.24) is 9.47 Å². The number of anilines is 1. The largest absolute Gasteiger partial charge is 0.478 e. The van der Waals surface area contributed by atoms with E-state index in [4.69, 9.17) is 4.74 Å². The first-order chi connectivity index (χ1) is 15.0. The van der Waals surface area contributed by atoms with Crippen molar-refractivity contribution in [2.24, 2.45) is 0 Å². The van der Waals surface area contributed by atoms with Gasteiger partial charge in [0.05, 0.1) is 5.52 Å². The maximum absolute atomic E-state index is 12.3. The molecule has 0 atom stereocenters. The van der Waals surface area contributed by atoms with E-state index in [9.17, 15) is 14.7 Å². The quantitative estimate of drug-likeness (QED) is 0.629. The first kappa shape index (κ1) is 20.5. The minimum atomic E-state index is -0.968. The molecular weight excluding hydrogens is 394 g/mol. The zero-order valence-corrected chi connectivity index (χ0v) is 17.5. The van der Waals surface area contributed by atoms with Crippen LogP contribution in [0, 0.1) is 0 Å². The van der Waals surface area contributed by atoms with Crippen LogP contribution in [0.3, 0.4) is 0 Å². The first-order valence-corrected chi connectivity index (χ1v) is 10.2. The number of carboxylic acids is 1. The van der Waals surface area contributed by atoms with E-state index in [-0.39, 0.29) is 18.3 Å². The van der Waals surface area contributed by atoms with Crippen molar-refractivity contribution in [1.29, 1.82) is 0 Å². The Balaban J connectivity index is 1.71. The van der Waals surface area contributed by atoms with Crippen molar-refractivity contribution in [3.8, 4) is 5.69 Å². The van der Waals surface area contributed by atoms with Crippen LogP contribution in [0.25, 0.3) is 16.6 Å². The van der Waals surface area contributed by atoms with Gasteiger partial charge in [-0.25, -0.2) is 9.59 Å². The Bertz CT molecular complexity index is 1130. The number of nitrogens with zero attached hydrogens (tertiary/aromatic N) is 3. The summed E-state index contributed by atoms with van der Waals surface area (Å²) in [4.78, 5) is 28.3. The topological polar surface area (TPSA) is 75.0 Å². The summed E-state index contributed by atoms with van der Waals surface area (Å²) < 4.78 is 7.25. The summed E-state index contributed by atoms with van der Waals surface area (Å²) in [7, 11) is 0. The third-order valence-electron chi connectivity index (χ3n) is 5.36. The van der Waals surface area contributed by atoms with Crippen molar-refractivity contribution in [3.63, 3.8) is 0 Å². The Kier molecular flexibility index (Phi) is 5.66. The molecule has 2 aromatic carbocycles. The molecule has 1 aromatic heterocycles. The minimum Gasteiger partial charge on any atom is -0.478 e. The van der Waals surface area contributed by atoms with Gasteiger partial charge in [0.15, 0.2) is 0 Å². The van der Waals surface area contributed by atoms with Crippen molar-refractivity contribution < 1.29 is 19.4 Å². The molecular formula is C24H25N3O4. The smallest absolute Gasteiger partial charge is 0.410 e. The van der Waals surface area contributed by atoms with Gasteiger partial charge in [-0.05, 0) is 30.7 Å². The fourth-order valence-electron chi connectivity index (χ4n) is 3.95. The highest BCUT2D eigenvalue weighted by Crippen LogP contribution is 2.36. The lowest BCUT2D eigenvalue weighted by molar-refractivity contribution is 0.0698. The van der Waals surface area contributed by atoms with Gasteiger partial charge < -0.3 is 19.6 Å². The minimum absolute atomic E-state index is 0.199. The van der Waals surface area contributed by atoms with Gasteiger partial charge in [-0.2, -0.15) is 0 Å². The van der Waals surface area contributed by atoms with Gasteiger partial charge in [0, 0.05) is 37.3 Å². The van der Waals surface area contributed by atoms with Gasteiger partial charge in [-0.15, -0.1) is 0 Å². The van der Waals surface area contributed by atoms with Crippen molar-refractivity contribution in [2.75, 3.05) is 37.7 Å². The van der Waals surface area contributed by atoms with E-state index in [1.165, 1.54) is 0 Å². The monoisotopic (exact) mass is 419 g/mol. The Hall–Kier alpha value is -3.74. The van der Waals surface area contributed by atoms with Crippen LogP contribution in [0.4, 0.5) is 10.6 Å². The van der Waals surface area contributed by atoms with E-state index < -0.39 is 5.97 Å². The molecule has 0 saturated carbocycles. The molecule has 0 unspecified atom stereocenters. The number of carboxylic acid groups (broad SMARTS) is 1. The molecule has 0 bridgehead atoms.